The maximum absolute atomic E-state index is 13.3. The van der Waals surface area contributed by atoms with E-state index in [9.17, 15) is 9.59 Å². The predicted molar refractivity (Wildman–Crippen MR) is 102 cm³/mol. The van der Waals surface area contributed by atoms with Crippen molar-refractivity contribution in [2.45, 2.75) is 75.9 Å². The number of hydrogen-bond acceptors (Lipinski definition) is 2. The fourth-order valence-electron chi connectivity index (χ4n) is 5.12. The van der Waals surface area contributed by atoms with E-state index in [1.807, 2.05) is 4.90 Å². The van der Waals surface area contributed by atoms with Crippen LogP contribution in [0.4, 0.5) is 0 Å². The highest BCUT2D eigenvalue weighted by Gasteiger charge is 2.47. The van der Waals surface area contributed by atoms with Crippen LogP contribution in [0.2, 0.25) is 5.02 Å². The van der Waals surface area contributed by atoms with Crippen molar-refractivity contribution in [3.63, 3.8) is 0 Å². The number of carbonyl (C=O) groups is 2. The Kier molecular flexibility index (Phi) is 5.21. The molecular formula is C21H27ClN2O2. The molecule has 1 N–H and O–H groups in total. The van der Waals surface area contributed by atoms with Crippen LogP contribution in [0, 0.1) is 5.92 Å². The molecule has 1 aromatic rings. The normalized spacial score (nSPS) is 28.8. The first kappa shape index (κ1) is 17.8. The third kappa shape index (κ3) is 3.48. The SMILES string of the molecule is O=C(NC1CCCC1)C1CC2CCCCC2N1C(=O)c1cccc(Cl)c1. The molecule has 0 radical (unpaired) electrons. The minimum absolute atomic E-state index is 0.0432. The second-order valence-electron chi connectivity index (χ2n) is 8.08. The molecule has 1 aromatic carbocycles. The van der Waals surface area contributed by atoms with Gasteiger partial charge in [-0.3, -0.25) is 9.59 Å². The van der Waals surface area contributed by atoms with Crippen LogP contribution in [0.5, 0.6) is 0 Å². The largest absolute Gasteiger partial charge is 0.352 e. The van der Waals surface area contributed by atoms with Crippen molar-refractivity contribution in [2.24, 2.45) is 5.92 Å². The second-order valence-corrected chi connectivity index (χ2v) is 8.51. The van der Waals surface area contributed by atoms with Gasteiger partial charge in [-0.25, -0.2) is 0 Å². The fourth-order valence-corrected chi connectivity index (χ4v) is 5.31. The molecule has 1 saturated heterocycles. The first-order chi connectivity index (χ1) is 12.6. The smallest absolute Gasteiger partial charge is 0.254 e. The molecule has 3 fully saturated rings. The average molecular weight is 375 g/mol. The lowest BCUT2D eigenvalue weighted by atomic mass is 9.84. The van der Waals surface area contributed by atoms with Gasteiger partial charge in [0.1, 0.15) is 6.04 Å². The van der Waals surface area contributed by atoms with Crippen LogP contribution in [0.25, 0.3) is 0 Å². The zero-order chi connectivity index (χ0) is 18.1. The van der Waals surface area contributed by atoms with Crippen molar-refractivity contribution in [3.05, 3.63) is 34.9 Å². The Morgan fingerprint density at radius 2 is 1.77 bits per heavy atom. The van der Waals surface area contributed by atoms with Crippen molar-refractivity contribution in [1.82, 2.24) is 10.2 Å². The van der Waals surface area contributed by atoms with Crippen molar-refractivity contribution in [2.75, 3.05) is 0 Å². The molecule has 4 nitrogen and oxygen atoms in total. The molecule has 2 saturated carbocycles. The molecule has 3 aliphatic rings. The number of likely N-dealkylation sites (tertiary alicyclic amines) is 1. The van der Waals surface area contributed by atoms with Crippen LogP contribution in [-0.4, -0.2) is 34.8 Å². The summed E-state index contributed by atoms with van der Waals surface area (Å²) in [5.41, 5.74) is 0.586. The van der Waals surface area contributed by atoms with Gasteiger partial charge < -0.3 is 10.2 Å². The molecule has 0 bridgehead atoms. The van der Waals surface area contributed by atoms with Gasteiger partial charge in [-0.1, -0.05) is 43.4 Å². The zero-order valence-corrected chi connectivity index (χ0v) is 15.9. The third-order valence-electron chi connectivity index (χ3n) is 6.40. The van der Waals surface area contributed by atoms with Crippen LogP contribution >= 0.6 is 11.6 Å². The molecule has 0 spiro atoms. The summed E-state index contributed by atoms with van der Waals surface area (Å²) < 4.78 is 0. The van der Waals surface area contributed by atoms with Gasteiger partial charge in [0.2, 0.25) is 5.91 Å². The van der Waals surface area contributed by atoms with E-state index in [2.05, 4.69) is 5.32 Å². The van der Waals surface area contributed by atoms with E-state index >= 15 is 0 Å². The third-order valence-corrected chi connectivity index (χ3v) is 6.63. The first-order valence-corrected chi connectivity index (χ1v) is 10.4. The number of halogens is 1. The summed E-state index contributed by atoms with van der Waals surface area (Å²) in [5.74, 6) is 0.446. The summed E-state index contributed by atoms with van der Waals surface area (Å²) in [7, 11) is 0. The summed E-state index contributed by atoms with van der Waals surface area (Å²) in [6, 6.07) is 7.23. The van der Waals surface area contributed by atoms with Gasteiger partial charge in [-0.05, 0) is 56.2 Å². The Bertz CT molecular complexity index is 686. The van der Waals surface area contributed by atoms with Crippen molar-refractivity contribution in [3.8, 4) is 0 Å². The van der Waals surface area contributed by atoms with E-state index in [-0.39, 0.29) is 29.9 Å². The lowest BCUT2D eigenvalue weighted by Crippen LogP contribution is -2.51. The summed E-state index contributed by atoms with van der Waals surface area (Å²) in [6.07, 6.45) is 9.77. The maximum atomic E-state index is 13.3. The Hall–Kier alpha value is -1.55. The van der Waals surface area contributed by atoms with Crippen LogP contribution in [0.3, 0.4) is 0 Å². The van der Waals surface area contributed by atoms with Gasteiger partial charge in [-0.15, -0.1) is 0 Å². The number of amides is 2. The molecule has 5 heteroatoms. The Balaban J connectivity index is 1.58. The van der Waals surface area contributed by atoms with Crippen LogP contribution in [-0.2, 0) is 4.79 Å². The second kappa shape index (κ2) is 7.59. The first-order valence-electron chi connectivity index (χ1n) is 10.0. The summed E-state index contributed by atoms with van der Waals surface area (Å²) in [6.45, 7) is 0. The molecule has 3 unspecified atom stereocenters. The molecule has 2 aliphatic carbocycles. The van der Waals surface area contributed by atoms with E-state index in [1.165, 1.54) is 19.3 Å². The quantitative estimate of drug-likeness (QED) is 0.863. The molecule has 2 amide bonds. The number of hydrogen-bond donors (Lipinski definition) is 1. The molecule has 1 heterocycles. The Morgan fingerprint density at radius 1 is 1.04 bits per heavy atom. The van der Waals surface area contributed by atoms with Crippen LogP contribution in [0.15, 0.2) is 24.3 Å². The number of nitrogens with one attached hydrogen (secondary N) is 1. The molecule has 3 atom stereocenters. The van der Waals surface area contributed by atoms with Crippen molar-refractivity contribution < 1.29 is 9.59 Å². The van der Waals surface area contributed by atoms with Gasteiger partial charge in [0.05, 0.1) is 0 Å². The zero-order valence-electron chi connectivity index (χ0n) is 15.1. The van der Waals surface area contributed by atoms with Gasteiger partial charge in [0.25, 0.3) is 5.91 Å². The highest BCUT2D eigenvalue weighted by molar-refractivity contribution is 6.31. The standard InChI is InChI=1S/C21H27ClN2O2/c22-16-8-5-7-15(12-16)21(26)24-18-11-4-1-6-14(18)13-19(24)20(25)23-17-9-2-3-10-17/h5,7-8,12,14,17-19H,1-4,6,9-11,13H2,(H,23,25). The molecule has 4 rings (SSSR count). The molecule has 0 aromatic heterocycles. The van der Waals surface area contributed by atoms with E-state index in [1.54, 1.807) is 24.3 Å². The number of fused-ring (bicyclic) bond motifs is 1. The number of carbonyl (C=O) groups excluding carboxylic acids is 2. The highest BCUT2D eigenvalue weighted by Crippen LogP contribution is 2.40. The minimum Gasteiger partial charge on any atom is -0.352 e. The summed E-state index contributed by atoms with van der Waals surface area (Å²) >= 11 is 6.10. The molecular weight excluding hydrogens is 348 g/mol. The van der Waals surface area contributed by atoms with E-state index in [4.69, 9.17) is 11.6 Å². The van der Waals surface area contributed by atoms with Crippen molar-refractivity contribution >= 4 is 23.4 Å². The summed E-state index contributed by atoms with van der Waals surface area (Å²) in [4.78, 5) is 28.2. The van der Waals surface area contributed by atoms with Gasteiger partial charge in [-0.2, -0.15) is 0 Å². The number of benzene rings is 1. The Labute approximate surface area is 160 Å². The van der Waals surface area contributed by atoms with Crippen LogP contribution in [0.1, 0.15) is 68.1 Å². The topological polar surface area (TPSA) is 49.4 Å². The van der Waals surface area contributed by atoms with E-state index in [0.717, 1.165) is 38.5 Å². The minimum atomic E-state index is -0.338. The number of nitrogens with zero attached hydrogens (tertiary/aromatic N) is 1. The molecule has 26 heavy (non-hydrogen) atoms. The monoisotopic (exact) mass is 374 g/mol. The van der Waals surface area contributed by atoms with Crippen molar-refractivity contribution in [1.29, 1.82) is 0 Å². The highest BCUT2D eigenvalue weighted by atomic mass is 35.5. The maximum Gasteiger partial charge on any atom is 0.254 e. The lowest BCUT2D eigenvalue weighted by molar-refractivity contribution is -0.125. The van der Waals surface area contributed by atoms with Gasteiger partial charge in [0, 0.05) is 22.7 Å². The molecule has 140 valence electrons. The van der Waals surface area contributed by atoms with E-state index < -0.39 is 0 Å². The summed E-state index contributed by atoms with van der Waals surface area (Å²) in [5, 5.41) is 3.78. The fraction of sp³-hybridized carbons (Fsp3) is 0.619. The number of rotatable bonds is 3. The Morgan fingerprint density at radius 3 is 2.54 bits per heavy atom. The average Bonchev–Trinajstić information content (AvgIpc) is 3.28. The molecule has 1 aliphatic heterocycles. The lowest BCUT2D eigenvalue weighted by Gasteiger charge is -2.34. The van der Waals surface area contributed by atoms with Gasteiger partial charge in [0.15, 0.2) is 0 Å². The van der Waals surface area contributed by atoms with Gasteiger partial charge >= 0.3 is 0 Å². The van der Waals surface area contributed by atoms with E-state index in [0.29, 0.717) is 16.5 Å². The predicted octanol–water partition coefficient (Wildman–Crippen LogP) is 4.17. The van der Waals surface area contributed by atoms with Crippen LogP contribution < -0.4 is 5.32 Å².